The normalized spacial score (nSPS) is 11.5. The SMILES string of the molecule is O=C(Cn1ccc(C(F)(F)F)n1)Nc1ccc(F)c(Cl)c1. The van der Waals surface area contributed by atoms with Crippen molar-refractivity contribution in [3.05, 3.63) is 47.0 Å². The Hall–Kier alpha value is -2.09. The molecule has 2 rings (SSSR count). The Morgan fingerprint density at radius 1 is 1.33 bits per heavy atom. The zero-order chi connectivity index (χ0) is 15.6. The van der Waals surface area contributed by atoms with Crippen LogP contribution < -0.4 is 5.32 Å². The summed E-state index contributed by atoms with van der Waals surface area (Å²) in [6.45, 7) is -0.412. The van der Waals surface area contributed by atoms with Gasteiger partial charge in [0.15, 0.2) is 5.69 Å². The molecule has 9 heteroatoms. The van der Waals surface area contributed by atoms with Gasteiger partial charge >= 0.3 is 6.18 Å². The molecule has 0 aliphatic rings. The van der Waals surface area contributed by atoms with Gasteiger partial charge in [0.1, 0.15) is 12.4 Å². The van der Waals surface area contributed by atoms with Crippen molar-refractivity contribution in [2.24, 2.45) is 0 Å². The van der Waals surface area contributed by atoms with Crippen molar-refractivity contribution in [1.82, 2.24) is 9.78 Å². The van der Waals surface area contributed by atoms with Gasteiger partial charge in [-0.25, -0.2) is 4.39 Å². The third kappa shape index (κ3) is 3.94. The molecular weight excluding hydrogens is 314 g/mol. The van der Waals surface area contributed by atoms with Crippen molar-refractivity contribution >= 4 is 23.2 Å². The van der Waals surface area contributed by atoms with Crippen molar-refractivity contribution in [2.75, 3.05) is 5.32 Å². The summed E-state index contributed by atoms with van der Waals surface area (Å²) in [4.78, 5) is 11.6. The highest BCUT2D eigenvalue weighted by Crippen LogP contribution is 2.27. The van der Waals surface area contributed by atoms with Crippen LogP contribution in [0.3, 0.4) is 0 Å². The Bertz CT molecular complexity index is 669. The number of alkyl halides is 3. The summed E-state index contributed by atoms with van der Waals surface area (Å²) in [5.41, 5.74) is -0.852. The molecule has 1 heterocycles. The summed E-state index contributed by atoms with van der Waals surface area (Å²) in [5.74, 6) is -1.26. The first kappa shape index (κ1) is 15.3. The minimum atomic E-state index is -4.56. The van der Waals surface area contributed by atoms with E-state index in [4.69, 9.17) is 11.6 Å². The highest BCUT2D eigenvalue weighted by molar-refractivity contribution is 6.31. The number of nitrogens with one attached hydrogen (secondary N) is 1. The van der Waals surface area contributed by atoms with E-state index in [0.29, 0.717) is 0 Å². The van der Waals surface area contributed by atoms with E-state index >= 15 is 0 Å². The molecule has 0 unspecified atom stereocenters. The van der Waals surface area contributed by atoms with Crippen molar-refractivity contribution in [1.29, 1.82) is 0 Å². The second kappa shape index (κ2) is 5.72. The van der Waals surface area contributed by atoms with Gasteiger partial charge in [-0.1, -0.05) is 11.6 Å². The number of hydrogen-bond acceptors (Lipinski definition) is 2. The van der Waals surface area contributed by atoms with E-state index in [0.717, 1.165) is 23.0 Å². The van der Waals surface area contributed by atoms with Gasteiger partial charge in [0.05, 0.1) is 5.02 Å². The zero-order valence-corrected chi connectivity index (χ0v) is 11.0. The standard InChI is InChI=1S/C12H8ClF4N3O/c13-8-5-7(1-2-9(8)14)18-11(21)6-20-4-3-10(19-20)12(15,16)17/h1-5H,6H2,(H,18,21). The maximum atomic E-state index is 12.9. The molecule has 0 spiro atoms. The Balaban J connectivity index is 2.01. The highest BCUT2D eigenvalue weighted by atomic mass is 35.5. The van der Waals surface area contributed by atoms with Gasteiger partial charge in [-0.05, 0) is 24.3 Å². The summed E-state index contributed by atoms with van der Waals surface area (Å²) in [6.07, 6.45) is -3.52. The van der Waals surface area contributed by atoms with Gasteiger partial charge in [-0.15, -0.1) is 0 Å². The molecule has 0 radical (unpaired) electrons. The summed E-state index contributed by atoms with van der Waals surface area (Å²) in [7, 11) is 0. The van der Waals surface area contributed by atoms with Gasteiger partial charge in [0.2, 0.25) is 5.91 Å². The number of hydrogen-bond donors (Lipinski definition) is 1. The highest BCUT2D eigenvalue weighted by Gasteiger charge is 2.33. The molecule has 4 nitrogen and oxygen atoms in total. The average molecular weight is 322 g/mol. The summed E-state index contributed by atoms with van der Waals surface area (Å²) < 4.78 is 50.8. The molecule has 0 bridgehead atoms. The third-order valence-electron chi connectivity index (χ3n) is 2.44. The topological polar surface area (TPSA) is 46.9 Å². The molecule has 0 atom stereocenters. The monoisotopic (exact) mass is 321 g/mol. The molecule has 2 aromatic rings. The molecule has 21 heavy (non-hydrogen) atoms. The molecule has 0 saturated heterocycles. The first-order valence-corrected chi connectivity index (χ1v) is 5.99. The lowest BCUT2D eigenvalue weighted by atomic mass is 10.3. The van der Waals surface area contributed by atoms with Gasteiger partial charge in [0, 0.05) is 11.9 Å². The van der Waals surface area contributed by atoms with E-state index in [9.17, 15) is 22.4 Å². The third-order valence-corrected chi connectivity index (χ3v) is 2.73. The second-order valence-corrected chi connectivity index (χ2v) is 4.48. The number of halogens is 5. The fraction of sp³-hybridized carbons (Fsp3) is 0.167. The molecule has 112 valence electrons. The molecule has 0 fully saturated rings. The van der Waals surface area contributed by atoms with Gasteiger partial charge < -0.3 is 5.32 Å². The van der Waals surface area contributed by atoms with Gasteiger partial charge in [-0.2, -0.15) is 18.3 Å². The van der Waals surface area contributed by atoms with Crippen molar-refractivity contribution in [2.45, 2.75) is 12.7 Å². The van der Waals surface area contributed by atoms with Crippen LogP contribution in [0.5, 0.6) is 0 Å². The fourth-order valence-corrected chi connectivity index (χ4v) is 1.70. The van der Waals surface area contributed by atoms with Crippen molar-refractivity contribution < 1.29 is 22.4 Å². The number of aromatic nitrogens is 2. The molecule has 1 N–H and O–H groups in total. The lowest BCUT2D eigenvalue weighted by Crippen LogP contribution is -2.19. The van der Waals surface area contributed by atoms with Crippen LogP contribution in [0.4, 0.5) is 23.2 Å². The van der Waals surface area contributed by atoms with Crippen molar-refractivity contribution in [3.63, 3.8) is 0 Å². The van der Waals surface area contributed by atoms with E-state index in [2.05, 4.69) is 10.4 Å². The maximum Gasteiger partial charge on any atom is 0.435 e. The first-order chi connectivity index (χ1) is 9.75. The first-order valence-electron chi connectivity index (χ1n) is 5.61. The van der Waals surface area contributed by atoms with Crippen LogP contribution in [0.25, 0.3) is 0 Å². The van der Waals surface area contributed by atoms with Gasteiger partial charge in [0.25, 0.3) is 0 Å². The van der Waals surface area contributed by atoms with Crippen LogP contribution in [0.2, 0.25) is 5.02 Å². The number of benzene rings is 1. The minimum Gasteiger partial charge on any atom is -0.324 e. The van der Waals surface area contributed by atoms with Crippen LogP contribution in [-0.2, 0) is 17.5 Å². The van der Waals surface area contributed by atoms with Crippen LogP contribution in [-0.4, -0.2) is 15.7 Å². The smallest absolute Gasteiger partial charge is 0.324 e. The summed E-state index contributed by atoms with van der Waals surface area (Å²) in [5, 5.41) is 5.44. The Labute approximate surface area is 121 Å². The molecular formula is C12H8ClF4N3O. The number of carbonyl (C=O) groups is 1. The van der Waals surface area contributed by atoms with Crippen molar-refractivity contribution in [3.8, 4) is 0 Å². The van der Waals surface area contributed by atoms with Crippen LogP contribution in [0.15, 0.2) is 30.5 Å². The van der Waals surface area contributed by atoms with Crippen LogP contribution in [0, 0.1) is 5.82 Å². The van der Waals surface area contributed by atoms with E-state index in [1.165, 1.54) is 12.1 Å². The zero-order valence-electron chi connectivity index (χ0n) is 10.3. The fourth-order valence-electron chi connectivity index (χ4n) is 1.52. The van der Waals surface area contributed by atoms with E-state index in [1.807, 2.05) is 0 Å². The molecule has 1 aromatic heterocycles. The van der Waals surface area contributed by atoms with E-state index < -0.39 is 30.1 Å². The maximum absolute atomic E-state index is 12.9. The average Bonchev–Trinajstić information content (AvgIpc) is 2.82. The molecule has 0 aliphatic heterocycles. The number of anilines is 1. The quantitative estimate of drug-likeness (QED) is 0.881. The number of rotatable bonds is 3. The largest absolute Gasteiger partial charge is 0.435 e. The van der Waals surface area contributed by atoms with Gasteiger partial charge in [-0.3, -0.25) is 9.48 Å². The molecule has 1 amide bonds. The lowest BCUT2D eigenvalue weighted by Gasteiger charge is -2.06. The predicted octanol–water partition coefficient (Wildman–Crippen LogP) is 3.33. The molecule has 1 aromatic carbocycles. The number of nitrogens with zero attached hydrogens (tertiary/aromatic N) is 2. The Kier molecular flexibility index (Phi) is 4.17. The predicted molar refractivity (Wildman–Crippen MR) is 67.3 cm³/mol. The Morgan fingerprint density at radius 2 is 2.05 bits per heavy atom. The second-order valence-electron chi connectivity index (χ2n) is 4.07. The minimum absolute atomic E-state index is 0.175. The Morgan fingerprint density at radius 3 is 2.62 bits per heavy atom. The van der Waals surface area contributed by atoms with Crippen LogP contribution in [0.1, 0.15) is 5.69 Å². The molecule has 0 aliphatic carbocycles. The lowest BCUT2D eigenvalue weighted by molar-refractivity contribution is -0.141. The van der Waals surface area contributed by atoms with E-state index in [1.54, 1.807) is 0 Å². The van der Waals surface area contributed by atoms with Crippen LogP contribution >= 0.6 is 11.6 Å². The number of carbonyl (C=O) groups excluding carboxylic acids is 1. The summed E-state index contributed by atoms with van der Waals surface area (Å²) >= 11 is 5.54. The van der Waals surface area contributed by atoms with E-state index in [-0.39, 0.29) is 10.7 Å². The number of amides is 1. The molecule has 0 saturated carbocycles. The summed E-state index contributed by atoms with van der Waals surface area (Å²) in [6, 6.07) is 4.30.